The lowest BCUT2D eigenvalue weighted by molar-refractivity contribution is -0.131. The molecular formula is C15H20O3. The summed E-state index contributed by atoms with van der Waals surface area (Å²) in [5.74, 6) is 0.388. The summed E-state index contributed by atoms with van der Waals surface area (Å²) in [4.78, 5) is 10.6. The van der Waals surface area contributed by atoms with Gasteiger partial charge in [0.25, 0.3) is 0 Å². The lowest BCUT2D eigenvalue weighted by Crippen LogP contribution is -2.04. The van der Waals surface area contributed by atoms with Crippen LogP contribution >= 0.6 is 0 Å². The van der Waals surface area contributed by atoms with E-state index in [1.807, 2.05) is 25.1 Å². The lowest BCUT2D eigenvalue weighted by Gasteiger charge is -2.11. The van der Waals surface area contributed by atoms with Crippen molar-refractivity contribution in [2.45, 2.75) is 27.7 Å². The van der Waals surface area contributed by atoms with E-state index in [0.29, 0.717) is 12.5 Å². The van der Waals surface area contributed by atoms with Crippen molar-refractivity contribution in [3.8, 4) is 5.75 Å². The molecule has 3 nitrogen and oxygen atoms in total. The molecule has 0 amide bonds. The third-order valence-corrected chi connectivity index (χ3v) is 2.55. The summed E-state index contributed by atoms with van der Waals surface area (Å²) in [5.41, 5.74) is 2.70. The number of aryl methyl sites for hydroxylation is 1. The largest absolute Gasteiger partial charge is 0.493 e. The summed E-state index contributed by atoms with van der Waals surface area (Å²) in [6, 6.07) is 5.72. The molecule has 1 aromatic carbocycles. The van der Waals surface area contributed by atoms with E-state index in [1.54, 1.807) is 6.92 Å². The van der Waals surface area contributed by atoms with E-state index >= 15 is 0 Å². The van der Waals surface area contributed by atoms with Crippen LogP contribution < -0.4 is 4.74 Å². The predicted molar refractivity (Wildman–Crippen MR) is 72.8 cm³/mol. The van der Waals surface area contributed by atoms with Crippen molar-refractivity contribution >= 4 is 11.5 Å². The zero-order valence-corrected chi connectivity index (χ0v) is 11.4. The minimum atomic E-state index is -0.924. The molecule has 0 saturated carbocycles. The average molecular weight is 248 g/mol. The minimum absolute atomic E-state index is 0.485. The molecule has 0 aliphatic heterocycles. The van der Waals surface area contributed by atoms with Crippen LogP contribution in [-0.2, 0) is 4.79 Å². The molecule has 0 aliphatic rings. The Morgan fingerprint density at radius 3 is 2.61 bits per heavy atom. The Morgan fingerprint density at radius 2 is 2.11 bits per heavy atom. The zero-order chi connectivity index (χ0) is 13.7. The van der Waals surface area contributed by atoms with E-state index in [-0.39, 0.29) is 0 Å². The normalized spacial score (nSPS) is 11.7. The number of hydrogen-bond acceptors (Lipinski definition) is 2. The molecule has 0 bridgehead atoms. The Morgan fingerprint density at radius 1 is 1.44 bits per heavy atom. The van der Waals surface area contributed by atoms with E-state index < -0.39 is 5.97 Å². The zero-order valence-electron chi connectivity index (χ0n) is 11.4. The smallest absolute Gasteiger partial charge is 0.328 e. The maximum Gasteiger partial charge on any atom is 0.328 e. The third-order valence-electron chi connectivity index (χ3n) is 2.55. The van der Waals surface area contributed by atoms with Crippen LogP contribution in [0.4, 0.5) is 0 Å². The van der Waals surface area contributed by atoms with Crippen molar-refractivity contribution in [3.63, 3.8) is 0 Å². The van der Waals surface area contributed by atoms with Gasteiger partial charge in [0, 0.05) is 6.08 Å². The monoisotopic (exact) mass is 248 g/mol. The Hall–Kier alpha value is -1.77. The van der Waals surface area contributed by atoms with Gasteiger partial charge < -0.3 is 9.84 Å². The quantitative estimate of drug-likeness (QED) is 0.811. The van der Waals surface area contributed by atoms with Gasteiger partial charge in [-0.1, -0.05) is 19.9 Å². The molecule has 98 valence electrons. The summed E-state index contributed by atoms with van der Waals surface area (Å²) < 4.78 is 5.63. The highest BCUT2D eigenvalue weighted by Gasteiger charge is 2.05. The Labute approximate surface area is 108 Å². The molecule has 0 aromatic heterocycles. The Bertz CT molecular complexity index is 459. The molecular weight excluding hydrogens is 228 g/mol. The van der Waals surface area contributed by atoms with E-state index in [9.17, 15) is 4.79 Å². The molecule has 0 radical (unpaired) electrons. The third kappa shape index (κ3) is 4.24. The van der Waals surface area contributed by atoms with Crippen LogP contribution in [0.5, 0.6) is 5.75 Å². The molecule has 0 spiro atoms. The molecule has 0 unspecified atom stereocenters. The minimum Gasteiger partial charge on any atom is -0.493 e. The maximum atomic E-state index is 10.6. The Kier molecular flexibility index (Phi) is 4.95. The number of ether oxygens (including phenoxy) is 1. The average Bonchev–Trinajstić information content (AvgIpc) is 2.25. The molecule has 0 aliphatic carbocycles. The molecule has 3 heteroatoms. The van der Waals surface area contributed by atoms with Gasteiger partial charge in [-0.25, -0.2) is 4.79 Å². The van der Waals surface area contributed by atoms with Crippen LogP contribution in [0, 0.1) is 12.8 Å². The van der Waals surface area contributed by atoms with Crippen molar-refractivity contribution in [3.05, 3.63) is 35.4 Å². The highest BCUT2D eigenvalue weighted by Crippen LogP contribution is 2.23. The summed E-state index contributed by atoms with van der Waals surface area (Å²) in [6.45, 7) is 8.63. The van der Waals surface area contributed by atoms with Crippen LogP contribution in [0.3, 0.4) is 0 Å². The number of benzene rings is 1. The van der Waals surface area contributed by atoms with Crippen LogP contribution in [0.25, 0.3) is 5.57 Å². The highest BCUT2D eigenvalue weighted by atomic mass is 16.5. The number of rotatable bonds is 5. The van der Waals surface area contributed by atoms with Gasteiger partial charge in [-0.3, -0.25) is 0 Å². The number of aliphatic carboxylic acids is 1. The fourth-order valence-electron chi connectivity index (χ4n) is 1.69. The summed E-state index contributed by atoms with van der Waals surface area (Å²) in [5, 5.41) is 8.73. The molecule has 1 aromatic rings. The molecule has 0 atom stereocenters. The topological polar surface area (TPSA) is 46.5 Å². The fourth-order valence-corrected chi connectivity index (χ4v) is 1.69. The van der Waals surface area contributed by atoms with Crippen LogP contribution in [0.15, 0.2) is 24.3 Å². The maximum absolute atomic E-state index is 10.6. The van der Waals surface area contributed by atoms with E-state index in [2.05, 4.69) is 13.8 Å². The predicted octanol–water partition coefficient (Wildman–Crippen LogP) is 3.52. The second kappa shape index (κ2) is 6.24. The number of hydrogen-bond donors (Lipinski definition) is 1. The number of allylic oxidation sites excluding steroid dienone is 1. The number of carboxylic acid groups (broad SMARTS) is 1. The molecule has 18 heavy (non-hydrogen) atoms. The van der Waals surface area contributed by atoms with Gasteiger partial charge >= 0.3 is 5.97 Å². The van der Waals surface area contributed by atoms with Gasteiger partial charge in [-0.05, 0) is 48.6 Å². The second-order valence-corrected chi connectivity index (χ2v) is 4.85. The number of carboxylic acids is 1. The first-order valence-electron chi connectivity index (χ1n) is 6.05. The van der Waals surface area contributed by atoms with E-state index in [4.69, 9.17) is 9.84 Å². The van der Waals surface area contributed by atoms with Gasteiger partial charge in [-0.15, -0.1) is 0 Å². The standard InChI is InChI=1S/C15H20O3/c1-10(2)9-18-13-5-6-14(11(3)7-13)12(4)8-15(16)17/h5-8,10H,9H2,1-4H3,(H,16,17)/b12-8+. The highest BCUT2D eigenvalue weighted by molar-refractivity contribution is 5.89. The van der Waals surface area contributed by atoms with Crippen LogP contribution in [0.2, 0.25) is 0 Å². The van der Waals surface area contributed by atoms with E-state index in [0.717, 1.165) is 22.4 Å². The molecule has 0 fully saturated rings. The van der Waals surface area contributed by atoms with Crippen LogP contribution in [0.1, 0.15) is 31.9 Å². The van der Waals surface area contributed by atoms with Crippen LogP contribution in [-0.4, -0.2) is 17.7 Å². The van der Waals surface area contributed by atoms with E-state index in [1.165, 1.54) is 6.08 Å². The second-order valence-electron chi connectivity index (χ2n) is 4.85. The lowest BCUT2D eigenvalue weighted by atomic mass is 10.0. The Balaban J connectivity index is 2.89. The van der Waals surface area contributed by atoms with Gasteiger partial charge in [-0.2, -0.15) is 0 Å². The van der Waals surface area contributed by atoms with Crippen molar-refractivity contribution in [1.82, 2.24) is 0 Å². The molecule has 0 heterocycles. The van der Waals surface area contributed by atoms with Crippen molar-refractivity contribution < 1.29 is 14.6 Å². The van der Waals surface area contributed by atoms with Crippen molar-refractivity contribution in [1.29, 1.82) is 0 Å². The molecule has 1 rings (SSSR count). The SMILES string of the molecule is C/C(=C\C(=O)O)c1ccc(OCC(C)C)cc1C. The first-order chi connectivity index (χ1) is 8.40. The molecule has 0 saturated heterocycles. The van der Waals surface area contributed by atoms with Crippen molar-refractivity contribution in [2.24, 2.45) is 5.92 Å². The fraction of sp³-hybridized carbons (Fsp3) is 0.400. The van der Waals surface area contributed by atoms with Crippen molar-refractivity contribution in [2.75, 3.05) is 6.61 Å². The number of carbonyl (C=O) groups is 1. The van der Waals surface area contributed by atoms with Gasteiger partial charge in [0.15, 0.2) is 0 Å². The first kappa shape index (κ1) is 14.3. The first-order valence-corrected chi connectivity index (χ1v) is 6.05. The van der Waals surface area contributed by atoms with Gasteiger partial charge in [0.05, 0.1) is 6.61 Å². The summed E-state index contributed by atoms with van der Waals surface area (Å²) in [7, 11) is 0. The summed E-state index contributed by atoms with van der Waals surface area (Å²) in [6.07, 6.45) is 1.22. The van der Waals surface area contributed by atoms with Gasteiger partial charge in [0.1, 0.15) is 5.75 Å². The molecule has 1 N–H and O–H groups in total. The van der Waals surface area contributed by atoms with Gasteiger partial charge in [0.2, 0.25) is 0 Å². The summed E-state index contributed by atoms with van der Waals surface area (Å²) >= 11 is 0.